The van der Waals surface area contributed by atoms with Crippen molar-refractivity contribution in [3.05, 3.63) is 64.5 Å². The molecule has 1 aromatic heterocycles. The zero-order chi connectivity index (χ0) is 15.6. The lowest BCUT2D eigenvalue weighted by atomic mass is 9.94. The van der Waals surface area contributed by atoms with Crippen molar-refractivity contribution in [2.24, 2.45) is 5.10 Å². The molecular weight excluding hydrogens is 306 g/mol. The van der Waals surface area contributed by atoms with Gasteiger partial charge in [-0.05, 0) is 30.5 Å². The summed E-state index contributed by atoms with van der Waals surface area (Å²) in [5.74, 6) is 0.213. The molecule has 1 aliphatic carbocycles. The van der Waals surface area contributed by atoms with Gasteiger partial charge in [-0.2, -0.15) is 5.10 Å². The first kappa shape index (κ1) is 14.0. The number of phenols is 1. The average Bonchev–Trinajstić information content (AvgIpc) is 3.00. The standard InChI is InChI=1S/C18H15N3OS/c22-15-8-4-2-6-13(15)11-19-21-18-20-17-14-7-3-1-5-12(14)9-10-16(17)23-18/h1-8,11,22H,9-10H2,(H,20,21)/b19-11+. The number of aromatic nitrogens is 1. The van der Waals surface area contributed by atoms with Gasteiger partial charge >= 0.3 is 0 Å². The fourth-order valence-corrected chi connectivity index (χ4v) is 3.68. The van der Waals surface area contributed by atoms with Crippen LogP contribution in [0.1, 0.15) is 16.0 Å². The van der Waals surface area contributed by atoms with E-state index in [1.165, 1.54) is 16.0 Å². The molecule has 3 aromatic rings. The predicted octanol–water partition coefficient (Wildman–Crippen LogP) is 4.06. The number of hydrogen-bond acceptors (Lipinski definition) is 5. The Morgan fingerprint density at radius 2 is 1.91 bits per heavy atom. The van der Waals surface area contributed by atoms with Gasteiger partial charge in [0.2, 0.25) is 5.13 Å². The van der Waals surface area contributed by atoms with E-state index in [0.717, 1.165) is 23.7 Å². The number of hydrogen-bond donors (Lipinski definition) is 2. The highest BCUT2D eigenvalue weighted by Crippen LogP contribution is 2.37. The van der Waals surface area contributed by atoms with Crippen molar-refractivity contribution in [2.75, 3.05) is 5.43 Å². The second kappa shape index (κ2) is 5.85. The number of para-hydroxylation sites is 1. The fraction of sp³-hybridized carbons (Fsp3) is 0.111. The number of thiazole rings is 1. The number of anilines is 1. The molecular formula is C18H15N3OS. The topological polar surface area (TPSA) is 57.5 Å². The third-order valence-corrected chi connectivity index (χ3v) is 4.91. The molecule has 114 valence electrons. The Labute approximate surface area is 138 Å². The molecule has 23 heavy (non-hydrogen) atoms. The molecule has 0 atom stereocenters. The zero-order valence-electron chi connectivity index (χ0n) is 12.4. The Morgan fingerprint density at radius 1 is 1.09 bits per heavy atom. The first-order valence-corrected chi connectivity index (χ1v) is 8.28. The molecule has 2 N–H and O–H groups in total. The maximum absolute atomic E-state index is 9.72. The van der Waals surface area contributed by atoms with Gasteiger partial charge in [0.1, 0.15) is 5.75 Å². The fourth-order valence-electron chi connectivity index (χ4n) is 2.75. The van der Waals surface area contributed by atoms with E-state index in [4.69, 9.17) is 0 Å². The summed E-state index contributed by atoms with van der Waals surface area (Å²) >= 11 is 1.64. The van der Waals surface area contributed by atoms with Crippen LogP contribution in [0.2, 0.25) is 0 Å². The van der Waals surface area contributed by atoms with E-state index in [1.807, 2.05) is 12.1 Å². The van der Waals surface area contributed by atoms with Gasteiger partial charge in [0.05, 0.1) is 11.9 Å². The summed E-state index contributed by atoms with van der Waals surface area (Å²) in [4.78, 5) is 5.97. The SMILES string of the molecule is Oc1ccccc1/C=N/Nc1nc2c(s1)CCc1ccccc1-2. The van der Waals surface area contributed by atoms with Gasteiger partial charge in [-0.1, -0.05) is 47.7 Å². The minimum atomic E-state index is 0.213. The predicted molar refractivity (Wildman–Crippen MR) is 94.3 cm³/mol. The van der Waals surface area contributed by atoms with Crippen molar-refractivity contribution in [1.29, 1.82) is 0 Å². The van der Waals surface area contributed by atoms with E-state index in [2.05, 4.69) is 39.8 Å². The lowest BCUT2D eigenvalue weighted by Gasteiger charge is -2.13. The lowest BCUT2D eigenvalue weighted by molar-refractivity contribution is 0.474. The summed E-state index contributed by atoms with van der Waals surface area (Å²) in [5.41, 5.74) is 7.29. The van der Waals surface area contributed by atoms with Gasteiger partial charge in [-0.3, -0.25) is 5.43 Å². The minimum absolute atomic E-state index is 0.213. The third-order valence-electron chi connectivity index (χ3n) is 3.89. The second-order valence-corrected chi connectivity index (χ2v) is 6.46. The molecule has 4 rings (SSSR count). The van der Waals surface area contributed by atoms with Crippen LogP contribution in [0.25, 0.3) is 11.3 Å². The summed E-state index contributed by atoms with van der Waals surface area (Å²) < 4.78 is 0. The normalized spacial score (nSPS) is 12.9. The maximum atomic E-state index is 9.72. The number of benzene rings is 2. The van der Waals surface area contributed by atoms with Gasteiger partial charge < -0.3 is 5.11 Å². The Bertz CT molecular complexity index is 885. The summed E-state index contributed by atoms with van der Waals surface area (Å²) in [5, 5.41) is 14.7. The summed E-state index contributed by atoms with van der Waals surface area (Å²) in [6, 6.07) is 15.5. The quantitative estimate of drug-likeness (QED) is 0.565. The van der Waals surface area contributed by atoms with E-state index < -0.39 is 0 Å². The van der Waals surface area contributed by atoms with Crippen LogP contribution in [-0.2, 0) is 12.8 Å². The van der Waals surface area contributed by atoms with Gasteiger partial charge in [-0.15, -0.1) is 0 Å². The molecule has 0 bridgehead atoms. The van der Waals surface area contributed by atoms with Gasteiger partial charge in [0.25, 0.3) is 0 Å². The van der Waals surface area contributed by atoms with Crippen molar-refractivity contribution in [3.8, 4) is 17.0 Å². The van der Waals surface area contributed by atoms with Crippen molar-refractivity contribution in [2.45, 2.75) is 12.8 Å². The van der Waals surface area contributed by atoms with Gasteiger partial charge in [0.15, 0.2) is 0 Å². The Kier molecular flexibility index (Phi) is 3.55. The van der Waals surface area contributed by atoms with Crippen molar-refractivity contribution in [3.63, 3.8) is 0 Å². The molecule has 0 spiro atoms. The molecule has 1 aliphatic rings. The molecule has 0 aliphatic heterocycles. The summed E-state index contributed by atoms with van der Waals surface area (Å²) in [7, 11) is 0. The third kappa shape index (κ3) is 2.71. The molecule has 0 unspecified atom stereocenters. The molecule has 0 saturated carbocycles. The van der Waals surface area contributed by atoms with Crippen molar-refractivity contribution < 1.29 is 5.11 Å². The molecule has 4 nitrogen and oxygen atoms in total. The summed E-state index contributed by atoms with van der Waals surface area (Å²) in [6.07, 6.45) is 3.69. The number of nitrogens with one attached hydrogen (secondary N) is 1. The van der Waals surface area contributed by atoms with E-state index in [1.54, 1.807) is 29.7 Å². The number of phenolic OH excluding ortho intramolecular Hbond substituents is 1. The van der Waals surface area contributed by atoms with Crippen LogP contribution in [0.5, 0.6) is 5.75 Å². The van der Waals surface area contributed by atoms with E-state index >= 15 is 0 Å². The van der Waals surface area contributed by atoms with Crippen molar-refractivity contribution >= 4 is 22.7 Å². The average molecular weight is 321 g/mol. The molecule has 5 heteroatoms. The van der Waals surface area contributed by atoms with Crippen LogP contribution in [0.15, 0.2) is 53.6 Å². The van der Waals surface area contributed by atoms with Crippen LogP contribution in [0.3, 0.4) is 0 Å². The van der Waals surface area contributed by atoms with E-state index in [9.17, 15) is 5.11 Å². The van der Waals surface area contributed by atoms with Crippen molar-refractivity contribution in [1.82, 2.24) is 4.98 Å². The van der Waals surface area contributed by atoms with Crippen LogP contribution in [-0.4, -0.2) is 16.3 Å². The van der Waals surface area contributed by atoms with Gasteiger partial charge in [0, 0.05) is 16.0 Å². The number of aryl methyl sites for hydroxylation is 2. The molecule has 2 aromatic carbocycles. The largest absolute Gasteiger partial charge is 0.507 e. The van der Waals surface area contributed by atoms with E-state index in [-0.39, 0.29) is 5.75 Å². The monoisotopic (exact) mass is 321 g/mol. The minimum Gasteiger partial charge on any atom is -0.507 e. The van der Waals surface area contributed by atoms with E-state index in [0.29, 0.717) is 5.56 Å². The smallest absolute Gasteiger partial charge is 0.204 e. The highest BCUT2D eigenvalue weighted by atomic mass is 32.1. The Hall–Kier alpha value is -2.66. The number of rotatable bonds is 3. The molecule has 0 saturated heterocycles. The number of hydrazone groups is 1. The molecule has 0 fully saturated rings. The van der Waals surface area contributed by atoms with Gasteiger partial charge in [-0.25, -0.2) is 4.98 Å². The number of fused-ring (bicyclic) bond motifs is 3. The van der Waals surface area contributed by atoms with Crippen LogP contribution < -0.4 is 5.43 Å². The van der Waals surface area contributed by atoms with Crippen LogP contribution in [0.4, 0.5) is 5.13 Å². The van der Waals surface area contributed by atoms with Crippen LogP contribution in [0, 0.1) is 0 Å². The second-order valence-electron chi connectivity index (χ2n) is 5.38. The zero-order valence-corrected chi connectivity index (χ0v) is 13.2. The highest BCUT2D eigenvalue weighted by Gasteiger charge is 2.20. The first-order valence-electron chi connectivity index (χ1n) is 7.46. The molecule has 1 heterocycles. The number of nitrogens with zero attached hydrogens (tertiary/aromatic N) is 2. The maximum Gasteiger partial charge on any atom is 0.204 e. The number of aromatic hydroxyl groups is 1. The summed E-state index contributed by atoms with van der Waals surface area (Å²) in [6.45, 7) is 0. The van der Waals surface area contributed by atoms with Crippen LogP contribution >= 0.6 is 11.3 Å². The highest BCUT2D eigenvalue weighted by molar-refractivity contribution is 7.16. The molecule has 0 radical (unpaired) electrons. The molecule has 0 amide bonds. The Balaban J connectivity index is 1.57. The first-order chi connectivity index (χ1) is 11.3. The lowest BCUT2D eigenvalue weighted by Crippen LogP contribution is -2.01. The Morgan fingerprint density at radius 3 is 2.83 bits per heavy atom.